The quantitative estimate of drug-likeness (QED) is 0.445. The summed E-state index contributed by atoms with van der Waals surface area (Å²) in [6, 6.07) is 0. The van der Waals surface area contributed by atoms with Gasteiger partial charge >= 0.3 is 6.55 Å². The molecule has 0 bridgehead atoms. The summed E-state index contributed by atoms with van der Waals surface area (Å²) in [7, 11) is 0. The fourth-order valence-corrected chi connectivity index (χ4v) is 1.48. The maximum Gasteiger partial charge on any atom is 0.348 e. The molecule has 1 aliphatic rings. The van der Waals surface area contributed by atoms with Gasteiger partial charge in [-0.25, -0.2) is 0 Å². The highest BCUT2D eigenvalue weighted by Crippen LogP contribution is 2.05. The van der Waals surface area contributed by atoms with Crippen LogP contribution in [0.2, 0.25) is 0 Å². The summed E-state index contributed by atoms with van der Waals surface area (Å²) in [5.41, 5.74) is 0.994. The van der Waals surface area contributed by atoms with Crippen LogP contribution in [0.1, 0.15) is 6.92 Å². The summed E-state index contributed by atoms with van der Waals surface area (Å²) in [5, 5.41) is 10.1. The van der Waals surface area contributed by atoms with E-state index in [9.17, 15) is 8.78 Å². The number of piperazine rings is 1. The van der Waals surface area contributed by atoms with Gasteiger partial charge in [-0.05, 0) is 13.0 Å². The van der Waals surface area contributed by atoms with Gasteiger partial charge in [0.2, 0.25) is 0 Å². The average Bonchev–Trinajstić information content (AvgIpc) is 2.35. The number of hydrazone groups is 2. The highest BCUT2D eigenvalue weighted by atomic mass is 19.3. The first-order valence-corrected chi connectivity index (χ1v) is 5.35. The minimum absolute atomic E-state index is 0.265. The molecule has 0 spiro atoms. The molecule has 0 saturated carbocycles. The van der Waals surface area contributed by atoms with Gasteiger partial charge in [-0.3, -0.25) is 0 Å². The highest BCUT2D eigenvalue weighted by molar-refractivity contribution is 5.71. The zero-order valence-corrected chi connectivity index (χ0v) is 9.81. The lowest BCUT2D eigenvalue weighted by Crippen LogP contribution is -2.42. The van der Waals surface area contributed by atoms with Gasteiger partial charge in [0.1, 0.15) is 0 Å². The fourth-order valence-electron chi connectivity index (χ4n) is 1.48. The summed E-state index contributed by atoms with van der Waals surface area (Å²) in [6.45, 7) is 5.85. The Morgan fingerprint density at radius 2 is 2.12 bits per heavy atom. The summed E-state index contributed by atoms with van der Waals surface area (Å²) < 4.78 is 24.4. The topological polar surface area (TPSA) is 43.2 Å². The molecule has 96 valence electrons. The maximum atomic E-state index is 12.2. The Labute approximate surface area is 99.5 Å². The number of alkyl halides is 2. The van der Waals surface area contributed by atoms with Crippen molar-refractivity contribution in [3.8, 4) is 0 Å². The minimum atomic E-state index is -2.77. The van der Waals surface area contributed by atoms with Crippen molar-refractivity contribution in [2.45, 2.75) is 13.5 Å². The van der Waals surface area contributed by atoms with Crippen LogP contribution < -0.4 is 5.32 Å². The second kappa shape index (κ2) is 6.95. The standard InChI is InChI=1S/C10H17F2N5/c1-9(16-7-5-14-6-8-16)3-4-15-17(13-2)10(11)12/h3-4,10,14H,2,5-8H2,1H3/b9-3+,15-4-. The molecule has 0 radical (unpaired) electrons. The van der Waals surface area contributed by atoms with Crippen molar-refractivity contribution in [3.63, 3.8) is 0 Å². The number of allylic oxidation sites excluding steroid dienone is 2. The van der Waals surface area contributed by atoms with Crippen LogP contribution in [0, 0.1) is 0 Å². The molecule has 5 nitrogen and oxygen atoms in total. The zero-order chi connectivity index (χ0) is 12.7. The molecule has 1 saturated heterocycles. The number of nitrogens with zero attached hydrogens (tertiary/aromatic N) is 4. The Balaban J connectivity index is 2.50. The summed E-state index contributed by atoms with van der Waals surface area (Å²) in [5.74, 6) is 0. The number of nitrogens with one attached hydrogen (secondary N) is 1. The van der Waals surface area contributed by atoms with Gasteiger partial charge in [-0.1, -0.05) is 0 Å². The van der Waals surface area contributed by atoms with Gasteiger partial charge in [0.15, 0.2) is 0 Å². The van der Waals surface area contributed by atoms with Crippen molar-refractivity contribution in [3.05, 3.63) is 11.8 Å². The number of hydrogen-bond donors (Lipinski definition) is 1. The van der Waals surface area contributed by atoms with Crippen LogP contribution in [0.15, 0.2) is 22.0 Å². The number of rotatable bonds is 5. The Kier molecular flexibility index (Phi) is 5.55. The molecule has 17 heavy (non-hydrogen) atoms. The third-order valence-corrected chi connectivity index (χ3v) is 2.44. The van der Waals surface area contributed by atoms with Gasteiger partial charge in [0.05, 0.1) is 6.21 Å². The van der Waals surface area contributed by atoms with Gasteiger partial charge in [-0.2, -0.15) is 19.0 Å². The molecule has 1 fully saturated rings. The van der Waals surface area contributed by atoms with Crippen molar-refractivity contribution in [1.82, 2.24) is 15.3 Å². The summed E-state index contributed by atoms with van der Waals surface area (Å²) in [4.78, 5) is 2.16. The summed E-state index contributed by atoms with van der Waals surface area (Å²) in [6.07, 6.45) is 2.99. The zero-order valence-electron chi connectivity index (χ0n) is 9.81. The van der Waals surface area contributed by atoms with E-state index in [1.54, 1.807) is 6.08 Å². The first-order chi connectivity index (χ1) is 8.15. The van der Waals surface area contributed by atoms with Gasteiger partial charge in [0.25, 0.3) is 0 Å². The van der Waals surface area contributed by atoms with E-state index in [4.69, 9.17) is 0 Å². The Hall–Kier alpha value is -1.50. The van der Waals surface area contributed by atoms with Crippen LogP contribution in [0.25, 0.3) is 0 Å². The first kappa shape index (κ1) is 13.6. The SMILES string of the molecule is C=NN(/N=C\C=C(/C)N1CCNCC1)C(F)F. The number of halogens is 2. The van der Waals surface area contributed by atoms with Crippen LogP contribution in [0.4, 0.5) is 8.78 Å². The normalized spacial score (nSPS) is 17.9. The lowest BCUT2D eigenvalue weighted by atomic mass is 10.3. The molecule has 1 N–H and O–H groups in total. The van der Waals surface area contributed by atoms with Crippen LogP contribution in [0.3, 0.4) is 0 Å². The van der Waals surface area contributed by atoms with Crippen molar-refractivity contribution >= 4 is 12.9 Å². The predicted octanol–water partition coefficient (Wildman–Crippen LogP) is 0.921. The smallest absolute Gasteiger partial charge is 0.348 e. The molecule has 1 heterocycles. The van der Waals surface area contributed by atoms with Crippen LogP contribution in [-0.2, 0) is 0 Å². The Morgan fingerprint density at radius 3 is 2.65 bits per heavy atom. The van der Waals surface area contributed by atoms with E-state index >= 15 is 0 Å². The maximum absolute atomic E-state index is 12.2. The molecule has 0 unspecified atom stereocenters. The van der Waals surface area contributed by atoms with Gasteiger partial charge in [-0.15, -0.1) is 5.12 Å². The molecule has 1 aliphatic heterocycles. The molecule has 0 aromatic heterocycles. The molecule has 0 amide bonds. The van der Waals surface area contributed by atoms with E-state index < -0.39 is 6.55 Å². The van der Waals surface area contributed by atoms with Crippen molar-refractivity contribution in [2.75, 3.05) is 26.2 Å². The average molecular weight is 245 g/mol. The van der Waals surface area contributed by atoms with E-state index in [-0.39, 0.29) is 5.12 Å². The Morgan fingerprint density at radius 1 is 1.47 bits per heavy atom. The van der Waals surface area contributed by atoms with E-state index in [0.29, 0.717) is 0 Å². The fraction of sp³-hybridized carbons (Fsp3) is 0.600. The molecule has 1 rings (SSSR count). The Bertz CT molecular complexity index is 297. The molecular formula is C10H17F2N5. The molecule has 7 heteroatoms. The number of hydrogen-bond acceptors (Lipinski definition) is 5. The third-order valence-electron chi connectivity index (χ3n) is 2.44. The van der Waals surface area contributed by atoms with Crippen molar-refractivity contribution < 1.29 is 8.78 Å². The van der Waals surface area contributed by atoms with E-state index in [0.717, 1.165) is 31.9 Å². The van der Waals surface area contributed by atoms with Crippen LogP contribution in [-0.4, -0.2) is 55.7 Å². The molecular weight excluding hydrogens is 228 g/mol. The first-order valence-electron chi connectivity index (χ1n) is 5.35. The summed E-state index contributed by atoms with van der Waals surface area (Å²) >= 11 is 0. The molecule has 0 aromatic carbocycles. The van der Waals surface area contributed by atoms with E-state index in [1.165, 1.54) is 6.21 Å². The molecule has 0 aromatic rings. The monoisotopic (exact) mass is 245 g/mol. The lowest BCUT2D eigenvalue weighted by Gasteiger charge is -2.29. The predicted molar refractivity (Wildman–Crippen MR) is 64.1 cm³/mol. The largest absolute Gasteiger partial charge is 0.372 e. The second-order valence-corrected chi connectivity index (χ2v) is 3.55. The second-order valence-electron chi connectivity index (χ2n) is 3.55. The lowest BCUT2D eigenvalue weighted by molar-refractivity contribution is -0.0229. The van der Waals surface area contributed by atoms with Gasteiger partial charge in [0, 0.05) is 38.6 Å². The van der Waals surface area contributed by atoms with E-state index in [1.807, 2.05) is 6.92 Å². The van der Waals surface area contributed by atoms with Crippen LogP contribution >= 0.6 is 0 Å². The van der Waals surface area contributed by atoms with Crippen LogP contribution in [0.5, 0.6) is 0 Å². The van der Waals surface area contributed by atoms with Gasteiger partial charge < -0.3 is 10.2 Å². The van der Waals surface area contributed by atoms with Crippen molar-refractivity contribution in [1.29, 1.82) is 0 Å². The molecule has 0 aliphatic carbocycles. The molecule has 0 atom stereocenters. The van der Waals surface area contributed by atoms with E-state index in [2.05, 4.69) is 27.1 Å². The highest BCUT2D eigenvalue weighted by Gasteiger charge is 2.10. The van der Waals surface area contributed by atoms with Crippen molar-refractivity contribution in [2.24, 2.45) is 10.2 Å². The third kappa shape index (κ3) is 4.48. The minimum Gasteiger partial charge on any atom is -0.372 e.